The number of hydrogen-bond donors (Lipinski definition) is 2. The maximum atomic E-state index is 11.4. The average Bonchev–Trinajstić information content (AvgIpc) is 2.62. The number of carbonyl (C=O) groups is 2. The first-order chi connectivity index (χ1) is 7.45. The average molecular weight is 228 g/mol. The molecule has 0 radical (unpaired) electrons. The summed E-state index contributed by atoms with van der Waals surface area (Å²) in [4.78, 5) is 22.3. The van der Waals surface area contributed by atoms with Crippen LogP contribution in [0.3, 0.4) is 0 Å². The Bertz CT molecular complexity index is 276. The van der Waals surface area contributed by atoms with Crippen molar-refractivity contribution in [3.8, 4) is 0 Å². The largest absolute Gasteiger partial charge is 0.469 e. The van der Waals surface area contributed by atoms with Crippen molar-refractivity contribution >= 4 is 11.9 Å². The van der Waals surface area contributed by atoms with E-state index in [9.17, 15) is 9.59 Å². The Morgan fingerprint density at radius 1 is 1.62 bits per heavy atom. The number of methoxy groups -OCH3 is 1. The number of ether oxygens (including phenoxy) is 1. The van der Waals surface area contributed by atoms with Crippen LogP contribution in [0.15, 0.2) is 0 Å². The van der Waals surface area contributed by atoms with Crippen LogP contribution in [0.2, 0.25) is 0 Å². The first-order valence-corrected chi connectivity index (χ1v) is 5.54. The van der Waals surface area contributed by atoms with Gasteiger partial charge in [0.25, 0.3) is 0 Å². The molecule has 1 unspecified atom stereocenters. The van der Waals surface area contributed by atoms with E-state index in [1.807, 2.05) is 13.8 Å². The molecule has 2 N–H and O–H groups in total. The molecule has 0 aliphatic carbocycles. The third-order valence-corrected chi connectivity index (χ3v) is 2.78. The number of hydrogen-bond acceptors (Lipinski definition) is 4. The summed E-state index contributed by atoms with van der Waals surface area (Å²) in [7, 11) is 1.39. The molecule has 1 fully saturated rings. The second kappa shape index (κ2) is 5.30. The van der Waals surface area contributed by atoms with Gasteiger partial charge >= 0.3 is 5.97 Å². The van der Waals surface area contributed by atoms with E-state index in [1.54, 1.807) is 0 Å². The smallest absolute Gasteiger partial charge is 0.312 e. The zero-order valence-corrected chi connectivity index (χ0v) is 10.1. The van der Waals surface area contributed by atoms with Gasteiger partial charge in [0.2, 0.25) is 5.91 Å². The normalized spacial score (nSPS) is 20.7. The highest BCUT2D eigenvalue weighted by Gasteiger charge is 2.29. The Morgan fingerprint density at radius 2 is 2.31 bits per heavy atom. The molecule has 0 aromatic rings. The Balaban J connectivity index is 2.24. The molecule has 0 aromatic heterocycles. The van der Waals surface area contributed by atoms with Crippen molar-refractivity contribution in [3.05, 3.63) is 0 Å². The molecule has 1 heterocycles. The van der Waals surface area contributed by atoms with E-state index in [0.717, 1.165) is 6.42 Å². The van der Waals surface area contributed by atoms with Crippen LogP contribution >= 0.6 is 0 Å². The van der Waals surface area contributed by atoms with Gasteiger partial charge in [-0.2, -0.15) is 0 Å². The Kier molecular flexibility index (Phi) is 4.29. The molecule has 92 valence electrons. The molecule has 1 saturated heterocycles. The summed E-state index contributed by atoms with van der Waals surface area (Å²) in [5.74, 6) is -0.116. The lowest BCUT2D eigenvalue weighted by Crippen LogP contribution is -2.42. The van der Waals surface area contributed by atoms with Crippen LogP contribution < -0.4 is 10.6 Å². The molecule has 5 nitrogen and oxygen atoms in total. The topological polar surface area (TPSA) is 67.4 Å². The molecule has 0 spiro atoms. The molecular weight excluding hydrogens is 208 g/mol. The fourth-order valence-electron chi connectivity index (χ4n) is 1.74. The number of amides is 1. The predicted molar refractivity (Wildman–Crippen MR) is 59.8 cm³/mol. The summed E-state index contributed by atoms with van der Waals surface area (Å²) >= 11 is 0. The summed E-state index contributed by atoms with van der Waals surface area (Å²) in [5.41, 5.74) is -0.530. The maximum absolute atomic E-state index is 11.4. The molecule has 16 heavy (non-hydrogen) atoms. The van der Waals surface area contributed by atoms with E-state index >= 15 is 0 Å². The summed E-state index contributed by atoms with van der Waals surface area (Å²) in [5, 5.41) is 6.05. The van der Waals surface area contributed by atoms with Gasteiger partial charge in [-0.3, -0.25) is 9.59 Å². The van der Waals surface area contributed by atoms with Gasteiger partial charge < -0.3 is 15.4 Å². The van der Waals surface area contributed by atoms with Gasteiger partial charge in [-0.25, -0.2) is 0 Å². The molecule has 0 saturated carbocycles. The summed E-state index contributed by atoms with van der Waals surface area (Å²) in [6.07, 6.45) is 1.47. The van der Waals surface area contributed by atoms with Gasteiger partial charge in [-0.15, -0.1) is 0 Å². The van der Waals surface area contributed by atoms with Crippen molar-refractivity contribution < 1.29 is 14.3 Å². The molecule has 1 aliphatic heterocycles. The van der Waals surface area contributed by atoms with Gasteiger partial charge in [-0.1, -0.05) is 0 Å². The third-order valence-electron chi connectivity index (χ3n) is 2.78. The number of esters is 1. The SMILES string of the molecule is COC(=O)C(C)(C)CNCC1CCC(=O)N1. The molecule has 5 heteroatoms. The van der Waals surface area contributed by atoms with E-state index in [-0.39, 0.29) is 17.9 Å². The Hall–Kier alpha value is -1.10. The van der Waals surface area contributed by atoms with E-state index in [0.29, 0.717) is 19.5 Å². The van der Waals surface area contributed by atoms with Gasteiger partial charge in [0.15, 0.2) is 0 Å². The summed E-state index contributed by atoms with van der Waals surface area (Å²) in [6, 6.07) is 0.195. The molecule has 0 aromatic carbocycles. The van der Waals surface area contributed by atoms with Crippen molar-refractivity contribution in [1.82, 2.24) is 10.6 Å². The van der Waals surface area contributed by atoms with Crippen LogP contribution in [0.1, 0.15) is 26.7 Å². The lowest BCUT2D eigenvalue weighted by atomic mass is 9.93. The lowest BCUT2D eigenvalue weighted by molar-refractivity contribution is -0.150. The van der Waals surface area contributed by atoms with E-state index in [2.05, 4.69) is 10.6 Å². The number of rotatable bonds is 5. The monoisotopic (exact) mass is 228 g/mol. The molecular formula is C11H20N2O3. The van der Waals surface area contributed by atoms with Crippen LogP contribution in [0, 0.1) is 5.41 Å². The first kappa shape index (κ1) is 13.0. The van der Waals surface area contributed by atoms with Crippen LogP contribution in [0.25, 0.3) is 0 Å². The standard InChI is InChI=1S/C11H20N2O3/c1-11(2,10(15)16-3)7-12-6-8-4-5-9(14)13-8/h8,12H,4-7H2,1-3H3,(H,13,14). The first-order valence-electron chi connectivity index (χ1n) is 5.54. The number of carbonyl (C=O) groups excluding carboxylic acids is 2. The van der Waals surface area contributed by atoms with E-state index in [1.165, 1.54) is 7.11 Å². The third kappa shape index (κ3) is 3.48. The van der Waals surface area contributed by atoms with E-state index < -0.39 is 5.41 Å². The Labute approximate surface area is 95.9 Å². The molecule has 1 atom stereocenters. The minimum Gasteiger partial charge on any atom is -0.469 e. The molecule has 0 bridgehead atoms. The van der Waals surface area contributed by atoms with Crippen LogP contribution in [-0.4, -0.2) is 38.1 Å². The molecule has 1 aliphatic rings. The fourth-order valence-corrected chi connectivity index (χ4v) is 1.74. The summed E-state index contributed by atoms with van der Waals surface area (Å²) in [6.45, 7) is 4.91. The lowest BCUT2D eigenvalue weighted by Gasteiger charge is -2.22. The van der Waals surface area contributed by atoms with Gasteiger partial charge in [0, 0.05) is 25.6 Å². The van der Waals surface area contributed by atoms with Crippen molar-refractivity contribution in [1.29, 1.82) is 0 Å². The molecule has 1 amide bonds. The quantitative estimate of drug-likeness (QED) is 0.653. The van der Waals surface area contributed by atoms with Crippen molar-refractivity contribution in [2.24, 2.45) is 5.41 Å². The fraction of sp³-hybridized carbons (Fsp3) is 0.818. The van der Waals surface area contributed by atoms with Crippen LogP contribution in [0.4, 0.5) is 0 Å². The zero-order chi connectivity index (χ0) is 12.2. The van der Waals surface area contributed by atoms with Crippen molar-refractivity contribution in [2.45, 2.75) is 32.7 Å². The Morgan fingerprint density at radius 3 is 2.81 bits per heavy atom. The second-order valence-corrected chi connectivity index (χ2v) is 4.81. The highest BCUT2D eigenvalue weighted by molar-refractivity contribution is 5.78. The predicted octanol–water partition coefficient (Wildman–Crippen LogP) is 0.0538. The van der Waals surface area contributed by atoms with Gasteiger partial charge in [0.1, 0.15) is 0 Å². The molecule has 1 rings (SSSR count). The minimum absolute atomic E-state index is 0.110. The van der Waals surface area contributed by atoms with Crippen LogP contribution in [0.5, 0.6) is 0 Å². The van der Waals surface area contributed by atoms with Gasteiger partial charge in [0.05, 0.1) is 12.5 Å². The van der Waals surface area contributed by atoms with Crippen molar-refractivity contribution in [3.63, 3.8) is 0 Å². The maximum Gasteiger partial charge on any atom is 0.312 e. The van der Waals surface area contributed by atoms with E-state index in [4.69, 9.17) is 4.74 Å². The second-order valence-electron chi connectivity index (χ2n) is 4.81. The highest BCUT2D eigenvalue weighted by atomic mass is 16.5. The van der Waals surface area contributed by atoms with Gasteiger partial charge in [-0.05, 0) is 20.3 Å². The highest BCUT2D eigenvalue weighted by Crippen LogP contribution is 2.15. The summed E-state index contributed by atoms with van der Waals surface area (Å²) < 4.78 is 4.71. The van der Waals surface area contributed by atoms with Crippen molar-refractivity contribution in [2.75, 3.05) is 20.2 Å². The number of nitrogens with one attached hydrogen (secondary N) is 2. The minimum atomic E-state index is -0.530. The van der Waals surface area contributed by atoms with Crippen LogP contribution in [-0.2, 0) is 14.3 Å². The zero-order valence-electron chi connectivity index (χ0n) is 10.1.